The van der Waals surface area contributed by atoms with E-state index in [0.29, 0.717) is 13.1 Å². The first kappa shape index (κ1) is 15.9. The second-order valence-corrected chi connectivity index (χ2v) is 5.78. The number of nitrogens with one attached hydrogen (secondary N) is 2. The van der Waals surface area contributed by atoms with E-state index in [2.05, 4.69) is 10.0 Å². The highest BCUT2D eigenvalue weighted by molar-refractivity contribution is 7.89. The zero-order chi connectivity index (χ0) is 14.3. The van der Waals surface area contributed by atoms with Crippen LogP contribution in [-0.2, 0) is 14.8 Å². The zero-order valence-corrected chi connectivity index (χ0v) is 11.9. The summed E-state index contributed by atoms with van der Waals surface area (Å²) in [7, 11) is -1.90. The number of anilines is 1. The summed E-state index contributed by atoms with van der Waals surface area (Å²) in [5.74, 6) is 0. The van der Waals surface area contributed by atoms with Crippen LogP contribution in [0.15, 0.2) is 29.2 Å². The molecule has 7 heteroatoms. The molecule has 108 valence electrons. The van der Waals surface area contributed by atoms with Crippen LogP contribution >= 0.6 is 0 Å². The van der Waals surface area contributed by atoms with Gasteiger partial charge in [0.05, 0.1) is 17.6 Å². The van der Waals surface area contributed by atoms with Crippen molar-refractivity contribution in [3.8, 4) is 0 Å². The maximum Gasteiger partial charge on any atom is 0.240 e. The molecular weight excluding hydrogens is 268 g/mol. The average Bonchev–Trinajstić information content (AvgIpc) is 2.37. The quantitative estimate of drug-likeness (QED) is 0.644. The van der Waals surface area contributed by atoms with Crippen molar-refractivity contribution in [2.24, 2.45) is 0 Å². The van der Waals surface area contributed by atoms with E-state index in [1.54, 1.807) is 19.1 Å². The van der Waals surface area contributed by atoms with Gasteiger partial charge in [-0.25, -0.2) is 13.1 Å². The summed E-state index contributed by atoms with van der Waals surface area (Å²) in [6, 6.07) is 6.35. The van der Waals surface area contributed by atoms with Crippen LogP contribution in [0.25, 0.3) is 0 Å². The minimum absolute atomic E-state index is 0.220. The van der Waals surface area contributed by atoms with Crippen LogP contribution in [0.3, 0.4) is 0 Å². The summed E-state index contributed by atoms with van der Waals surface area (Å²) in [4.78, 5) is 0.220. The van der Waals surface area contributed by atoms with Gasteiger partial charge in [-0.05, 0) is 24.3 Å². The van der Waals surface area contributed by atoms with Gasteiger partial charge in [-0.3, -0.25) is 0 Å². The summed E-state index contributed by atoms with van der Waals surface area (Å²) in [5.41, 5.74) is 0.741. The second-order valence-electron chi connectivity index (χ2n) is 4.02. The molecule has 1 unspecified atom stereocenters. The maximum absolute atomic E-state index is 11.7. The van der Waals surface area contributed by atoms with Gasteiger partial charge in [-0.1, -0.05) is 6.92 Å². The Morgan fingerprint density at radius 3 is 2.47 bits per heavy atom. The molecule has 0 heterocycles. The molecule has 6 nitrogen and oxygen atoms in total. The topological polar surface area (TPSA) is 87.7 Å². The largest absolute Gasteiger partial charge is 0.389 e. The van der Waals surface area contributed by atoms with Crippen LogP contribution in [0.2, 0.25) is 0 Å². The number of methoxy groups -OCH3 is 1. The van der Waals surface area contributed by atoms with Gasteiger partial charge in [0.2, 0.25) is 10.0 Å². The molecule has 1 aromatic carbocycles. The van der Waals surface area contributed by atoms with Gasteiger partial charge in [0.15, 0.2) is 0 Å². The third-order valence-corrected chi connectivity index (χ3v) is 3.96. The van der Waals surface area contributed by atoms with Crippen molar-refractivity contribution in [1.82, 2.24) is 4.72 Å². The molecule has 1 rings (SSSR count). The van der Waals surface area contributed by atoms with Crippen LogP contribution in [0.5, 0.6) is 0 Å². The number of aliphatic hydroxyl groups excluding tert-OH is 1. The molecule has 0 aliphatic heterocycles. The molecule has 0 aliphatic rings. The van der Waals surface area contributed by atoms with Crippen molar-refractivity contribution in [3.63, 3.8) is 0 Å². The summed E-state index contributed by atoms with van der Waals surface area (Å²) in [6.07, 6.45) is -0.602. The monoisotopic (exact) mass is 288 g/mol. The molecule has 1 aromatic rings. The first-order valence-electron chi connectivity index (χ1n) is 6.00. The van der Waals surface area contributed by atoms with Crippen molar-refractivity contribution in [1.29, 1.82) is 0 Å². The van der Waals surface area contributed by atoms with Crippen molar-refractivity contribution in [3.05, 3.63) is 24.3 Å². The summed E-state index contributed by atoms with van der Waals surface area (Å²) < 4.78 is 30.6. The van der Waals surface area contributed by atoms with Gasteiger partial charge >= 0.3 is 0 Å². The number of hydrogen-bond donors (Lipinski definition) is 3. The molecule has 0 fully saturated rings. The molecule has 0 aromatic heterocycles. The molecule has 0 aliphatic carbocycles. The molecule has 0 bridgehead atoms. The van der Waals surface area contributed by atoms with Crippen LogP contribution in [-0.4, -0.2) is 46.4 Å². The highest BCUT2D eigenvalue weighted by atomic mass is 32.2. The molecule has 0 saturated heterocycles. The number of benzene rings is 1. The van der Waals surface area contributed by atoms with Gasteiger partial charge in [0, 0.05) is 25.9 Å². The number of sulfonamides is 1. The third-order valence-electron chi connectivity index (χ3n) is 2.40. The molecular formula is C12H20N2O4S. The highest BCUT2D eigenvalue weighted by Crippen LogP contribution is 2.13. The number of rotatable bonds is 8. The number of aliphatic hydroxyl groups is 1. The van der Waals surface area contributed by atoms with Crippen LogP contribution < -0.4 is 10.0 Å². The van der Waals surface area contributed by atoms with Gasteiger partial charge in [0.25, 0.3) is 0 Å². The summed E-state index contributed by atoms with van der Waals surface area (Å²) in [5, 5.41) is 12.5. The van der Waals surface area contributed by atoms with Crippen molar-refractivity contribution in [2.45, 2.75) is 17.9 Å². The smallest absolute Gasteiger partial charge is 0.240 e. The average molecular weight is 288 g/mol. The van der Waals surface area contributed by atoms with Gasteiger partial charge in [-0.15, -0.1) is 0 Å². The van der Waals surface area contributed by atoms with Crippen molar-refractivity contribution in [2.75, 3.05) is 32.1 Å². The second kappa shape index (κ2) is 7.44. The number of ether oxygens (including phenoxy) is 1. The lowest BCUT2D eigenvalue weighted by molar-refractivity contribution is 0.0727. The fourth-order valence-electron chi connectivity index (χ4n) is 1.51. The van der Waals surface area contributed by atoms with E-state index in [-0.39, 0.29) is 11.5 Å². The van der Waals surface area contributed by atoms with Gasteiger partial charge in [0.1, 0.15) is 0 Å². The van der Waals surface area contributed by atoms with Gasteiger partial charge < -0.3 is 15.2 Å². The minimum atomic E-state index is -3.41. The van der Waals surface area contributed by atoms with E-state index in [0.717, 1.165) is 5.69 Å². The maximum atomic E-state index is 11.7. The Bertz CT molecular complexity index is 473. The van der Waals surface area contributed by atoms with Gasteiger partial charge in [-0.2, -0.15) is 0 Å². The Morgan fingerprint density at radius 2 is 1.95 bits per heavy atom. The molecule has 0 saturated carbocycles. The van der Waals surface area contributed by atoms with Crippen LogP contribution in [0, 0.1) is 0 Å². The van der Waals surface area contributed by atoms with Crippen molar-refractivity contribution < 1.29 is 18.3 Å². The lowest BCUT2D eigenvalue weighted by Crippen LogP contribution is -2.24. The Balaban J connectivity index is 2.62. The highest BCUT2D eigenvalue weighted by Gasteiger charge is 2.11. The van der Waals surface area contributed by atoms with E-state index in [1.807, 2.05) is 0 Å². The van der Waals surface area contributed by atoms with Crippen molar-refractivity contribution >= 4 is 15.7 Å². The predicted octanol–water partition coefficient (Wildman–Crippen LogP) is 0.404. The van der Waals surface area contributed by atoms with E-state index in [4.69, 9.17) is 4.74 Å². The molecule has 0 radical (unpaired) electrons. The van der Waals surface area contributed by atoms with E-state index >= 15 is 0 Å². The Kier molecular flexibility index (Phi) is 6.23. The van der Waals surface area contributed by atoms with Crippen LogP contribution in [0.4, 0.5) is 5.69 Å². The Hall–Kier alpha value is -1.15. The van der Waals surface area contributed by atoms with E-state index in [9.17, 15) is 13.5 Å². The zero-order valence-electron chi connectivity index (χ0n) is 11.1. The fourth-order valence-corrected chi connectivity index (χ4v) is 2.55. The minimum Gasteiger partial charge on any atom is -0.389 e. The Labute approximate surface area is 113 Å². The first-order valence-corrected chi connectivity index (χ1v) is 7.48. The standard InChI is InChI=1S/C12H20N2O4S/c1-3-14-19(16,17)12-6-4-10(5-7-12)13-8-11(15)9-18-2/h4-7,11,13-15H,3,8-9H2,1-2H3. The molecule has 19 heavy (non-hydrogen) atoms. The van der Waals surface area contributed by atoms with Crippen LogP contribution in [0.1, 0.15) is 6.92 Å². The molecule has 0 spiro atoms. The number of hydrogen-bond acceptors (Lipinski definition) is 5. The summed E-state index contributed by atoms with van der Waals surface area (Å²) in [6.45, 7) is 2.67. The van der Waals surface area contributed by atoms with E-state index in [1.165, 1.54) is 19.2 Å². The first-order chi connectivity index (χ1) is 8.99. The third kappa shape index (κ3) is 5.15. The van der Waals surface area contributed by atoms with E-state index < -0.39 is 16.1 Å². The molecule has 0 amide bonds. The Morgan fingerprint density at radius 1 is 1.32 bits per heavy atom. The predicted molar refractivity (Wildman–Crippen MR) is 73.7 cm³/mol. The fraction of sp³-hybridized carbons (Fsp3) is 0.500. The lowest BCUT2D eigenvalue weighted by Gasteiger charge is -2.12. The molecule has 3 N–H and O–H groups in total. The lowest BCUT2D eigenvalue weighted by atomic mass is 10.3. The normalized spacial score (nSPS) is 13.2. The summed E-state index contributed by atoms with van der Waals surface area (Å²) >= 11 is 0. The molecule has 1 atom stereocenters. The SMILES string of the molecule is CCNS(=O)(=O)c1ccc(NCC(O)COC)cc1.